The Bertz CT molecular complexity index is 637. The minimum atomic E-state index is -1.01. The van der Waals surface area contributed by atoms with Gasteiger partial charge in [-0.1, -0.05) is 6.07 Å². The van der Waals surface area contributed by atoms with Crippen molar-refractivity contribution in [1.29, 1.82) is 0 Å². The van der Waals surface area contributed by atoms with Crippen LogP contribution in [-0.2, 0) is 16.0 Å². The monoisotopic (exact) mass is 343 g/mol. The van der Waals surface area contributed by atoms with Gasteiger partial charge in [-0.05, 0) is 26.0 Å². The van der Waals surface area contributed by atoms with Gasteiger partial charge in [0.05, 0.1) is 17.2 Å². The van der Waals surface area contributed by atoms with Crippen LogP contribution >= 0.6 is 12.4 Å². The van der Waals surface area contributed by atoms with E-state index in [0.29, 0.717) is 18.7 Å². The van der Waals surface area contributed by atoms with E-state index in [9.17, 15) is 19.7 Å². The SMILES string of the molecule is CC(C(=O)O)N(C)CC(=O)N1CCc2ccc([N+](=O)[O-])cc21.Cl. The molecule has 8 nitrogen and oxygen atoms in total. The molecule has 1 aromatic carbocycles. The number of fused-ring (bicyclic) bond motifs is 1. The Kier molecular flexibility index (Phi) is 6.05. The first-order valence-electron chi connectivity index (χ1n) is 6.82. The van der Waals surface area contributed by atoms with Crippen molar-refractivity contribution in [2.75, 3.05) is 25.0 Å². The summed E-state index contributed by atoms with van der Waals surface area (Å²) in [5, 5.41) is 19.8. The zero-order valence-electron chi connectivity index (χ0n) is 12.8. The minimum Gasteiger partial charge on any atom is -0.480 e. The van der Waals surface area contributed by atoms with E-state index in [1.54, 1.807) is 13.1 Å². The molecule has 1 aromatic rings. The first kappa shape index (κ1) is 18.9. The van der Waals surface area contributed by atoms with E-state index in [1.807, 2.05) is 0 Å². The number of carbonyl (C=O) groups excluding carboxylic acids is 1. The van der Waals surface area contributed by atoms with E-state index in [4.69, 9.17) is 5.11 Å². The number of carboxylic acid groups (broad SMARTS) is 1. The van der Waals surface area contributed by atoms with Gasteiger partial charge < -0.3 is 10.0 Å². The molecule has 1 amide bonds. The highest BCUT2D eigenvalue weighted by Crippen LogP contribution is 2.31. The van der Waals surface area contributed by atoms with Gasteiger partial charge in [-0.3, -0.25) is 24.6 Å². The molecule has 0 aliphatic carbocycles. The van der Waals surface area contributed by atoms with Crippen LogP contribution in [0.4, 0.5) is 11.4 Å². The lowest BCUT2D eigenvalue weighted by Gasteiger charge is -2.24. The number of amides is 1. The number of hydrogen-bond acceptors (Lipinski definition) is 5. The summed E-state index contributed by atoms with van der Waals surface area (Å²) in [4.78, 5) is 36.5. The molecule has 1 N–H and O–H groups in total. The van der Waals surface area contributed by atoms with E-state index in [-0.39, 0.29) is 30.5 Å². The number of carboxylic acids is 1. The number of non-ortho nitro benzene ring substituents is 1. The molecule has 0 spiro atoms. The fourth-order valence-corrected chi connectivity index (χ4v) is 2.36. The van der Waals surface area contributed by atoms with Gasteiger partial charge >= 0.3 is 5.97 Å². The number of likely N-dealkylation sites (N-methyl/N-ethyl adjacent to an activating group) is 1. The minimum absolute atomic E-state index is 0. The Morgan fingerprint density at radius 1 is 1.48 bits per heavy atom. The number of anilines is 1. The van der Waals surface area contributed by atoms with Crippen LogP contribution in [0, 0.1) is 10.1 Å². The molecule has 0 aromatic heterocycles. The van der Waals surface area contributed by atoms with E-state index in [1.165, 1.54) is 28.9 Å². The van der Waals surface area contributed by atoms with E-state index < -0.39 is 16.9 Å². The number of rotatable bonds is 5. The van der Waals surface area contributed by atoms with Gasteiger partial charge in [-0.2, -0.15) is 0 Å². The summed E-state index contributed by atoms with van der Waals surface area (Å²) in [6.07, 6.45) is 0.636. The van der Waals surface area contributed by atoms with Crippen molar-refractivity contribution in [3.63, 3.8) is 0 Å². The lowest BCUT2D eigenvalue weighted by atomic mass is 10.1. The largest absolute Gasteiger partial charge is 0.480 e. The molecule has 1 unspecified atom stereocenters. The predicted molar refractivity (Wildman–Crippen MR) is 86.1 cm³/mol. The number of halogens is 1. The van der Waals surface area contributed by atoms with Gasteiger partial charge in [0, 0.05) is 18.7 Å². The normalized spacial score (nSPS) is 14.1. The lowest BCUT2D eigenvalue weighted by Crippen LogP contribution is -2.44. The van der Waals surface area contributed by atoms with Crippen molar-refractivity contribution >= 4 is 35.7 Å². The second kappa shape index (κ2) is 7.38. The van der Waals surface area contributed by atoms with Crippen molar-refractivity contribution < 1.29 is 19.6 Å². The van der Waals surface area contributed by atoms with Gasteiger partial charge in [0.2, 0.25) is 5.91 Å². The molecular formula is C14H18ClN3O5. The molecule has 0 fully saturated rings. The Balaban J connectivity index is 0.00000264. The fraction of sp³-hybridized carbons (Fsp3) is 0.429. The molecule has 0 saturated carbocycles. The molecular weight excluding hydrogens is 326 g/mol. The molecule has 1 heterocycles. The second-order valence-electron chi connectivity index (χ2n) is 5.29. The molecule has 1 aliphatic heterocycles. The highest BCUT2D eigenvalue weighted by molar-refractivity contribution is 5.97. The highest BCUT2D eigenvalue weighted by atomic mass is 35.5. The number of aliphatic carboxylic acids is 1. The summed E-state index contributed by atoms with van der Waals surface area (Å²) in [6.45, 7) is 1.89. The average molecular weight is 344 g/mol. The Labute approximate surface area is 139 Å². The average Bonchev–Trinajstić information content (AvgIpc) is 2.88. The van der Waals surface area contributed by atoms with Crippen LogP contribution in [0.25, 0.3) is 0 Å². The van der Waals surface area contributed by atoms with E-state index in [0.717, 1.165) is 5.56 Å². The predicted octanol–water partition coefficient (Wildman–Crippen LogP) is 1.31. The molecule has 1 atom stereocenters. The molecule has 23 heavy (non-hydrogen) atoms. The topological polar surface area (TPSA) is 104 Å². The smallest absolute Gasteiger partial charge is 0.320 e. The van der Waals surface area contributed by atoms with Gasteiger partial charge in [-0.15, -0.1) is 12.4 Å². The van der Waals surface area contributed by atoms with Crippen LogP contribution in [0.1, 0.15) is 12.5 Å². The van der Waals surface area contributed by atoms with Crippen molar-refractivity contribution in [1.82, 2.24) is 4.90 Å². The maximum atomic E-state index is 12.3. The van der Waals surface area contributed by atoms with Gasteiger partial charge in [0.1, 0.15) is 6.04 Å². The van der Waals surface area contributed by atoms with Crippen molar-refractivity contribution in [3.05, 3.63) is 33.9 Å². The van der Waals surface area contributed by atoms with E-state index >= 15 is 0 Å². The number of nitrogens with zero attached hydrogens (tertiary/aromatic N) is 3. The van der Waals surface area contributed by atoms with Crippen LogP contribution in [0.3, 0.4) is 0 Å². The maximum Gasteiger partial charge on any atom is 0.320 e. The molecule has 126 valence electrons. The maximum absolute atomic E-state index is 12.3. The Morgan fingerprint density at radius 2 is 2.13 bits per heavy atom. The summed E-state index contributed by atoms with van der Waals surface area (Å²) in [7, 11) is 1.56. The highest BCUT2D eigenvalue weighted by Gasteiger charge is 2.28. The third-order valence-electron chi connectivity index (χ3n) is 3.88. The van der Waals surface area contributed by atoms with Crippen LogP contribution in [-0.4, -0.2) is 53.0 Å². The van der Waals surface area contributed by atoms with Crippen LogP contribution in [0.2, 0.25) is 0 Å². The number of benzene rings is 1. The van der Waals surface area contributed by atoms with Gasteiger partial charge in [-0.25, -0.2) is 0 Å². The number of hydrogen-bond donors (Lipinski definition) is 1. The molecule has 9 heteroatoms. The summed E-state index contributed by atoms with van der Waals surface area (Å²) >= 11 is 0. The Hall–Kier alpha value is -2.19. The fourth-order valence-electron chi connectivity index (χ4n) is 2.36. The van der Waals surface area contributed by atoms with Crippen LogP contribution < -0.4 is 4.90 Å². The van der Waals surface area contributed by atoms with Crippen LogP contribution in [0.15, 0.2) is 18.2 Å². The zero-order valence-corrected chi connectivity index (χ0v) is 13.6. The molecule has 0 radical (unpaired) electrons. The van der Waals surface area contributed by atoms with Crippen LogP contribution in [0.5, 0.6) is 0 Å². The summed E-state index contributed by atoms with van der Waals surface area (Å²) in [6, 6.07) is 3.69. The second-order valence-corrected chi connectivity index (χ2v) is 5.29. The number of nitro groups is 1. The van der Waals surface area contributed by atoms with Gasteiger partial charge in [0.25, 0.3) is 5.69 Å². The third-order valence-corrected chi connectivity index (χ3v) is 3.88. The molecule has 0 bridgehead atoms. The molecule has 1 aliphatic rings. The zero-order chi connectivity index (χ0) is 16.4. The van der Waals surface area contributed by atoms with Crippen molar-refractivity contribution in [2.45, 2.75) is 19.4 Å². The quantitative estimate of drug-likeness (QED) is 0.638. The molecule has 0 saturated heterocycles. The van der Waals surface area contributed by atoms with Crippen molar-refractivity contribution in [2.24, 2.45) is 0 Å². The van der Waals surface area contributed by atoms with Crippen molar-refractivity contribution in [3.8, 4) is 0 Å². The summed E-state index contributed by atoms with van der Waals surface area (Å²) in [5.41, 5.74) is 1.36. The number of carbonyl (C=O) groups is 2. The first-order chi connectivity index (χ1) is 10.3. The summed E-state index contributed by atoms with van der Waals surface area (Å²) in [5.74, 6) is -1.28. The lowest BCUT2D eigenvalue weighted by molar-refractivity contribution is -0.384. The standard InChI is InChI=1S/C14H17N3O5.ClH/c1-9(14(19)20)15(2)8-13(18)16-6-5-10-3-4-11(17(21)22)7-12(10)16;/h3-4,7,9H,5-6,8H2,1-2H3,(H,19,20);1H. The number of nitro benzene ring substituents is 1. The Morgan fingerprint density at radius 3 is 2.70 bits per heavy atom. The molecule has 2 rings (SSSR count). The first-order valence-corrected chi connectivity index (χ1v) is 6.82. The van der Waals surface area contributed by atoms with E-state index in [2.05, 4.69) is 0 Å². The van der Waals surface area contributed by atoms with Gasteiger partial charge in [0.15, 0.2) is 0 Å². The summed E-state index contributed by atoms with van der Waals surface area (Å²) < 4.78 is 0. The third kappa shape index (κ3) is 3.96.